The molecule has 4 nitrogen and oxygen atoms in total. The number of halogens is 3. The Balaban J connectivity index is 2.42. The van der Waals surface area contributed by atoms with Crippen LogP contribution in [-0.2, 0) is 12.7 Å². The molecule has 22 heavy (non-hydrogen) atoms. The minimum absolute atomic E-state index is 0.0613. The predicted molar refractivity (Wildman–Crippen MR) is 74.8 cm³/mol. The van der Waals surface area contributed by atoms with Gasteiger partial charge in [0.05, 0.1) is 22.5 Å². The second-order valence-electron chi connectivity index (χ2n) is 4.93. The van der Waals surface area contributed by atoms with E-state index in [1.54, 1.807) is 12.1 Å². The van der Waals surface area contributed by atoms with Crippen molar-refractivity contribution in [2.75, 3.05) is 0 Å². The van der Waals surface area contributed by atoms with Gasteiger partial charge in [-0.3, -0.25) is 9.78 Å². The molecule has 2 aromatic rings. The van der Waals surface area contributed by atoms with Crippen LogP contribution in [0, 0.1) is 0 Å². The fraction of sp³-hybridized carbons (Fsp3) is 0.200. The van der Waals surface area contributed by atoms with Crippen molar-refractivity contribution >= 4 is 12.0 Å². The zero-order valence-electron chi connectivity index (χ0n) is 11.4. The van der Waals surface area contributed by atoms with Crippen molar-refractivity contribution in [2.24, 2.45) is 5.73 Å². The molecule has 0 saturated carbocycles. The summed E-state index contributed by atoms with van der Waals surface area (Å²) < 4.78 is 42.2. The largest absolute Gasteiger partial charge is 0.419 e. The lowest BCUT2D eigenvalue weighted by Crippen LogP contribution is -2.18. The molecule has 0 saturated heterocycles. The van der Waals surface area contributed by atoms with Gasteiger partial charge in [-0.25, -0.2) is 0 Å². The Bertz CT molecular complexity index is 761. The molecule has 1 aliphatic heterocycles. The van der Waals surface area contributed by atoms with E-state index in [-0.39, 0.29) is 11.4 Å². The smallest absolute Gasteiger partial charge is 0.366 e. The number of rotatable bonds is 2. The lowest BCUT2D eigenvalue weighted by molar-refractivity contribution is -0.137. The van der Waals surface area contributed by atoms with Crippen LogP contribution < -0.4 is 5.73 Å². The molecule has 1 aliphatic rings. The molecule has 0 aliphatic carbocycles. The van der Waals surface area contributed by atoms with Gasteiger partial charge in [0.15, 0.2) is 0 Å². The number of nitrogens with zero attached hydrogens (tertiary/aromatic N) is 2. The third-order valence-electron chi connectivity index (χ3n) is 3.56. The van der Waals surface area contributed by atoms with Gasteiger partial charge in [-0.05, 0) is 24.6 Å². The molecular formula is C15H12F3N3O. The Kier molecular flexibility index (Phi) is 3.27. The van der Waals surface area contributed by atoms with Crippen LogP contribution in [0.5, 0.6) is 0 Å². The number of amides is 1. The highest BCUT2D eigenvalue weighted by Crippen LogP contribution is 2.43. The van der Waals surface area contributed by atoms with Gasteiger partial charge in [-0.15, -0.1) is 0 Å². The van der Waals surface area contributed by atoms with Gasteiger partial charge >= 0.3 is 6.18 Å². The first-order valence-electron chi connectivity index (χ1n) is 6.61. The van der Waals surface area contributed by atoms with Crippen LogP contribution in [0.25, 0.3) is 17.3 Å². The van der Waals surface area contributed by atoms with E-state index >= 15 is 0 Å². The molecule has 2 N–H and O–H groups in total. The first kappa shape index (κ1) is 14.4. The van der Waals surface area contributed by atoms with Crippen molar-refractivity contribution in [2.45, 2.75) is 19.1 Å². The zero-order valence-corrected chi connectivity index (χ0v) is 11.4. The summed E-state index contributed by atoms with van der Waals surface area (Å²) in [6.45, 7) is 0.354. The number of carbonyl (C=O) groups excluding carboxylic acids is 1. The maximum Gasteiger partial charge on any atom is 0.419 e. The van der Waals surface area contributed by atoms with Crippen molar-refractivity contribution < 1.29 is 18.0 Å². The molecule has 114 valence electrons. The average Bonchev–Trinajstić information content (AvgIpc) is 2.83. The quantitative estimate of drug-likeness (QED) is 0.927. The Morgan fingerprint density at radius 2 is 2.14 bits per heavy atom. The monoisotopic (exact) mass is 307 g/mol. The third kappa shape index (κ3) is 2.18. The number of hydrogen-bond donors (Lipinski definition) is 1. The number of aromatic nitrogens is 2. The summed E-state index contributed by atoms with van der Waals surface area (Å²) in [5.74, 6) is -1.09. The molecule has 0 bridgehead atoms. The predicted octanol–water partition coefficient (Wildman–Crippen LogP) is 3.08. The van der Waals surface area contributed by atoms with Crippen LogP contribution in [0.15, 0.2) is 30.6 Å². The summed E-state index contributed by atoms with van der Waals surface area (Å²) in [6.07, 6.45) is 1.97. The summed E-state index contributed by atoms with van der Waals surface area (Å²) in [4.78, 5) is 15.5. The Morgan fingerprint density at radius 1 is 1.36 bits per heavy atom. The summed E-state index contributed by atoms with van der Waals surface area (Å²) in [6, 6.07) is 3.09. The molecule has 0 spiro atoms. The molecule has 7 heteroatoms. The van der Waals surface area contributed by atoms with E-state index in [9.17, 15) is 18.0 Å². The van der Waals surface area contributed by atoms with Gasteiger partial charge in [-0.2, -0.15) is 13.2 Å². The summed E-state index contributed by atoms with van der Waals surface area (Å²) in [5.41, 5.74) is 4.19. The van der Waals surface area contributed by atoms with Crippen LogP contribution >= 0.6 is 0 Å². The minimum Gasteiger partial charge on any atom is -0.366 e. The number of allylic oxidation sites excluding steroid dienone is 1. The number of primary amides is 1. The molecule has 3 rings (SSSR count). The summed E-state index contributed by atoms with van der Waals surface area (Å²) >= 11 is 0. The van der Waals surface area contributed by atoms with Gasteiger partial charge in [-0.1, -0.05) is 6.08 Å². The average molecular weight is 307 g/mol. The van der Waals surface area contributed by atoms with Crippen molar-refractivity contribution in [3.05, 3.63) is 47.4 Å². The maximum absolute atomic E-state index is 13.6. The van der Waals surface area contributed by atoms with E-state index in [0.717, 1.165) is 0 Å². The van der Waals surface area contributed by atoms with Gasteiger partial charge < -0.3 is 10.3 Å². The van der Waals surface area contributed by atoms with Gasteiger partial charge in [0.2, 0.25) is 0 Å². The number of alkyl halides is 3. The number of pyridine rings is 1. The number of nitrogens with two attached hydrogens (primary N) is 1. The number of carbonyl (C=O) groups is 1. The fourth-order valence-electron chi connectivity index (χ4n) is 2.77. The minimum atomic E-state index is -4.69. The SMILES string of the molecule is NC(=O)c1c(C(F)(F)F)c(-c2cccnc2)n2c1C=CCC2. The first-order valence-corrected chi connectivity index (χ1v) is 6.61. The zero-order chi connectivity index (χ0) is 15.9. The van der Waals surface area contributed by atoms with Crippen molar-refractivity contribution in [3.63, 3.8) is 0 Å². The van der Waals surface area contributed by atoms with Gasteiger partial charge in [0.1, 0.15) is 0 Å². The number of hydrogen-bond acceptors (Lipinski definition) is 2. The molecule has 0 radical (unpaired) electrons. The van der Waals surface area contributed by atoms with Crippen molar-refractivity contribution in [1.82, 2.24) is 9.55 Å². The van der Waals surface area contributed by atoms with E-state index in [2.05, 4.69) is 4.98 Å². The maximum atomic E-state index is 13.6. The Morgan fingerprint density at radius 3 is 2.73 bits per heavy atom. The summed E-state index contributed by atoms with van der Waals surface area (Å²) in [5, 5.41) is 0. The topological polar surface area (TPSA) is 60.9 Å². The molecule has 0 aromatic carbocycles. The van der Waals surface area contributed by atoms with E-state index in [1.807, 2.05) is 0 Å². The van der Waals surface area contributed by atoms with Crippen LogP contribution in [0.4, 0.5) is 13.2 Å². The Hall–Kier alpha value is -2.57. The molecule has 3 heterocycles. The van der Waals surface area contributed by atoms with Gasteiger partial charge in [0, 0.05) is 24.5 Å². The lowest BCUT2D eigenvalue weighted by atomic mass is 10.0. The normalized spacial score (nSPS) is 14.0. The lowest BCUT2D eigenvalue weighted by Gasteiger charge is -2.15. The third-order valence-corrected chi connectivity index (χ3v) is 3.56. The molecule has 1 amide bonds. The van der Waals surface area contributed by atoms with E-state index in [0.29, 0.717) is 18.5 Å². The van der Waals surface area contributed by atoms with E-state index < -0.39 is 23.2 Å². The van der Waals surface area contributed by atoms with Crippen LogP contribution in [-0.4, -0.2) is 15.5 Å². The highest BCUT2D eigenvalue weighted by atomic mass is 19.4. The van der Waals surface area contributed by atoms with Crippen molar-refractivity contribution in [1.29, 1.82) is 0 Å². The van der Waals surface area contributed by atoms with Crippen LogP contribution in [0.3, 0.4) is 0 Å². The second-order valence-corrected chi connectivity index (χ2v) is 4.93. The molecule has 0 atom stereocenters. The highest BCUT2D eigenvalue weighted by Gasteiger charge is 2.42. The Labute approximate surface area is 124 Å². The number of fused-ring (bicyclic) bond motifs is 1. The molecule has 0 unspecified atom stereocenters. The fourth-order valence-corrected chi connectivity index (χ4v) is 2.77. The summed E-state index contributed by atoms with van der Waals surface area (Å²) in [7, 11) is 0. The molecule has 2 aromatic heterocycles. The second kappa shape index (κ2) is 5.01. The van der Waals surface area contributed by atoms with Crippen LogP contribution in [0.1, 0.15) is 28.0 Å². The highest BCUT2D eigenvalue weighted by molar-refractivity contribution is 6.00. The standard InChI is InChI=1S/C15H12F3N3O/c16-15(17,18)12-11(14(19)22)10-5-1-2-7-21(10)13(12)9-4-3-6-20-8-9/h1,3-6,8H,2,7H2,(H2,19,22). The van der Waals surface area contributed by atoms with E-state index in [4.69, 9.17) is 5.73 Å². The molecule has 0 fully saturated rings. The van der Waals surface area contributed by atoms with Crippen LogP contribution in [0.2, 0.25) is 0 Å². The van der Waals surface area contributed by atoms with Gasteiger partial charge in [0.25, 0.3) is 5.91 Å². The first-order chi connectivity index (χ1) is 10.4. The van der Waals surface area contributed by atoms with E-state index in [1.165, 1.54) is 29.1 Å². The molecular weight excluding hydrogens is 295 g/mol. The van der Waals surface area contributed by atoms with Crippen molar-refractivity contribution in [3.8, 4) is 11.3 Å².